The minimum Gasteiger partial charge on any atom is -0.383 e. The SMILES string of the molecule is CCCN(C(=O)CNCCOC)C1CCN(C(=O)c2ccccc2)CC1.Cl. The van der Waals surface area contributed by atoms with Gasteiger partial charge in [-0.2, -0.15) is 0 Å². The second-order valence-electron chi connectivity index (χ2n) is 6.65. The third kappa shape index (κ3) is 7.13. The zero-order chi connectivity index (χ0) is 18.8. The lowest BCUT2D eigenvalue weighted by molar-refractivity contribution is -0.133. The fourth-order valence-corrected chi connectivity index (χ4v) is 3.37. The lowest BCUT2D eigenvalue weighted by Gasteiger charge is -2.38. The number of methoxy groups -OCH3 is 1. The number of rotatable bonds is 9. The van der Waals surface area contributed by atoms with Gasteiger partial charge in [-0.25, -0.2) is 0 Å². The van der Waals surface area contributed by atoms with Gasteiger partial charge in [-0.05, 0) is 31.4 Å². The molecule has 1 fully saturated rings. The minimum absolute atomic E-state index is 0. The van der Waals surface area contributed by atoms with Crippen LogP contribution in [0.25, 0.3) is 0 Å². The van der Waals surface area contributed by atoms with Crippen LogP contribution in [0.3, 0.4) is 0 Å². The molecule has 2 rings (SSSR count). The van der Waals surface area contributed by atoms with E-state index >= 15 is 0 Å². The molecule has 6 nitrogen and oxygen atoms in total. The van der Waals surface area contributed by atoms with E-state index in [0.29, 0.717) is 32.8 Å². The number of nitrogens with zero attached hydrogens (tertiary/aromatic N) is 2. The van der Waals surface area contributed by atoms with Crippen LogP contribution in [0.5, 0.6) is 0 Å². The van der Waals surface area contributed by atoms with E-state index in [-0.39, 0.29) is 30.3 Å². The molecular formula is C20H32ClN3O3. The summed E-state index contributed by atoms with van der Waals surface area (Å²) in [4.78, 5) is 29.0. The topological polar surface area (TPSA) is 61.9 Å². The molecule has 2 amide bonds. The summed E-state index contributed by atoms with van der Waals surface area (Å²) in [7, 11) is 1.65. The van der Waals surface area contributed by atoms with Gasteiger partial charge in [0.05, 0.1) is 13.2 Å². The molecule has 0 spiro atoms. The van der Waals surface area contributed by atoms with Crippen molar-refractivity contribution in [3.05, 3.63) is 35.9 Å². The zero-order valence-corrected chi connectivity index (χ0v) is 17.2. The Bertz CT molecular complexity index is 563. The number of carbonyl (C=O) groups is 2. The number of hydrogen-bond acceptors (Lipinski definition) is 4. The van der Waals surface area contributed by atoms with Crippen molar-refractivity contribution < 1.29 is 14.3 Å². The lowest BCUT2D eigenvalue weighted by Crippen LogP contribution is -2.51. The van der Waals surface area contributed by atoms with Crippen molar-refractivity contribution in [2.45, 2.75) is 32.2 Å². The van der Waals surface area contributed by atoms with Crippen LogP contribution in [0.15, 0.2) is 30.3 Å². The van der Waals surface area contributed by atoms with Gasteiger partial charge in [0.25, 0.3) is 5.91 Å². The van der Waals surface area contributed by atoms with Crippen molar-refractivity contribution in [1.29, 1.82) is 0 Å². The Morgan fingerprint density at radius 3 is 2.48 bits per heavy atom. The summed E-state index contributed by atoms with van der Waals surface area (Å²) >= 11 is 0. The Morgan fingerprint density at radius 2 is 1.89 bits per heavy atom. The molecule has 0 unspecified atom stereocenters. The molecule has 0 saturated carbocycles. The molecule has 7 heteroatoms. The van der Waals surface area contributed by atoms with Gasteiger partial charge in [0.2, 0.25) is 5.91 Å². The summed E-state index contributed by atoms with van der Waals surface area (Å²) < 4.78 is 4.99. The van der Waals surface area contributed by atoms with Gasteiger partial charge in [0.15, 0.2) is 0 Å². The predicted octanol–water partition coefficient (Wildman–Crippen LogP) is 2.19. The van der Waals surface area contributed by atoms with Crippen molar-refractivity contribution in [2.24, 2.45) is 0 Å². The van der Waals surface area contributed by atoms with Crippen LogP contribution in [-0.4, -0.2) is 74.1 Å². The molecule has 1 saturated heterocycles. The van der Waals surface area contributed by atoms with Crippen molar-refractivity contribution in [3.63, 3.8) is 0 Å². The van der Waals surface area contributed by atoms with E-state index in [2.05, 4.69) is 12.2 Å². The molecule has 0 aliphatic carbocycles. The Balaban J connectivity index is 0.00000364. The highest BCUT2D eigenvalue weighted by Gasteiger charge is 2.29. The molecule has 1 aromatic carbocycles. The van der Waals surface area contributed by atoms with Crippen molar-refractivity contribution in [3.8, 4) is 0 Å². The van der Waals surface area contributed by atoms with E-state index in [9.17, 15) is 9.59 Å². The lowest BCUT2D eigenvalue weighted by atomic mass is 10.0. The number of amides is 2. The average Bonchev–Trinajstić information content (AvgIpc) is 2.69. The summed E-state index contributed by atoms with van der Waals surface area (Å²) in [6.07, 6.45) is 2.61. The molecule has 1 N–H and O–H groups in total. The summed E-state index contributed by atoms with van der Waals surface area (Å²) in [5.74, 6) is 0.217. The van der Waals surface area contributed by atoms with Crippen LogP contribution in [0.4, 0.5) is 0 Å². The Kier molecular flexibility index (Phi) is 11.0. The second kappa shape index (κ2) is 12.7. The molecule has 1 aliphatic rings. The van der Waals surface area contributed by atoms with Gasteiger partial charge < -0.3 is 19.9 Å². The number of carbonyl (C=O) groups excluding carboxylic acids is 2. The van der Waals surface area contributed by atoms with Crippen LogP contribution >= 0.6 is 12.4 Å². The first-order valence-corrected chi connectivity index (χ1v) is 9.50. The van der Waals surface area contributed by atoms with Crippen LogP contribution in [0.1, 0.15) is 36.5 Å². The normalized spacial score (nSPS) is 14.5. The molecule has 0 bridgehead atoms. The molecule has 0 radical (unpaired) electrons. The molecule has 1 aromatic rings. The summed E-state index contributed by atoms with van der Waals surface area (Å²) in [6, 6.07) is 9.61. The number of hydrogen-bond donors (Lipinski definition) is 1. The Morgan fingerprint density at radius 1 is 1.22 bits per heavy atom. The van der Waals surface area contributed by atoms with Gasteiger partial charge in [-0.3, -0.25) is 9.59 Å². The molecule has 1 aliphatic heterocycles. The number of halogens is 1. The smallest absolute Gasteiger partial charge is 0.253 e. The molecule has 1 heterocycles. The summed E-state index contributed by atoms with van der Waals surface area (Å²) in [5.41, 5.74) is 0.731. The minimum atomic E-state index is 0. The van der Waals surface area contributed by atoms with Gasteiger partial charge in [0.1, 0.15) is 0 Å². The summed E-state index contributed by atoms with van der Waals surface area (Å²) in [6.45, 7) is 5.86. The highest BCUT2D eigenvalue weighted by molar-refractivity contribution is 5.94. The van der Waals surface area contributed by atoms with E-state index in [4.69, 9.17) is 4.74 Å². The fraction of sp³-hybridized carbons (Fsp3) is 0.600. The number of likely N-dealkylation sites (tertiary alicyclic amines) is 1. The van der Waals surface area contributed by atoms with E-state index in [1.54, 1.807) is 7.11 Å². The quantitative estimate of drug-likeness (QED) is 0.649. The average molecular weight is 398 g/mol. The maximum absolute atomic E-state index is 12.6. The largest absolute Gasteiger partial charge is 0.383 e. The van der Waals surface area contributed by atoms with E-state index < -0.39 is 0 Å². The van der Waals surface area contributed by atoms with Gasteiger partial charge >= 0.3 is 0 Å². The Labute approximate surface area is 168 Å². The fourth-order valence-electron chi connectivity index (χ4n) is 3.37. The molecule has 0 atom stereocenters. The van der Waals surface area contributed by atoms with Crippen LogP contribution in [0, 0.1) is 0 Å². The first kappa shape index (κ1) is 23.4. The van der Waals surface area contributed by atoms with Crippen molar-refractivity contribution in [1.82, 2.24) is 15.1 Å². The standard InChI is InChI=1S/C20H31N3O3.ClH/c1-3-12-23(19(24)16-21-11-15-26-2)18-9-13-22(14-10-18)20(25)17-7-5-4-6-8-17;/h4-8,18,21H,3,9-16H2,1-2H3;1H. The van der Waals surface area contributed by atoms with Crippen molar-refractivity contribution >= 4 is 24.2 Å². The first-order valence-electron chi connectivity index (χ1n) is 9.50. The third-order valence-electron chi connectivity index (χ3n) is 4.76. The number of benzene rings is 1. The van der Waals surface area contributed by atoms with E-state index in [1.165, 1.54) is 0 Å². The molecule has 152 valence electrons. The third-order valence-corrected chi connectivity index (χ3v) is 4.76. The highest BCUT2D eigenvalue weighted by atomic mass is 35.5. The molecule has 27 heavy (non-hydrogen) atoms. The monoisotopic (exact) mass is 397 g/mol. The van der Waals surface area contributed by atoms with Crippen molar-refractivity contribution in [2.75, 3.05) is 46.4 Å². The number of nitrogens with one attached hydrogen (secondary N) is 1. The Hall–Kier alpha value is -1.63. The van der Waals surface area contributed by atoms with Crippen LogP contribution < -0.4 is 5.32 Å². The molecular weight excluding hydrogens is 366 g/mol. The van der Waals surface area contributed by atoms with Crippen LogP contribution in [-0.2, 0) is 9.53 Å². The highest BCUT2D eigenvalue weighted by Crippen LogP contribution is 2.19. The zero-order valence-electron chi connectivity index (χ0n) is 16.4. The maximum atomic E-state index is 12.6. The maximum Gasteiger partial charge on any atom is 0.253 e. The van der Waals surface area contributed by atoms with E-state index in [0.717, 1.165) is 31.4 Å². The van der Waals surface area contributed by atoms with Gasteiger partial charge in [0, 0.05) is 44.9 Å². The first-order chi connectivity index (χ1) is 12.7. The number of piperidine rings is 1. The molecule has 0 aromatic heterocycles. The predicted molar refractivity (Wildman–Crippen MR) is 109 cm³/mol. The van der Waals surface area contributed by atoms with Crippen LogP contribution in [0.2, 0.25) is 0 Å². The summed E-state index contributed by atoms with van der Waals surface area (Å²) in [5, 5.41) is 3.13. The van der Waals surface area contributed by atoms with Gasteiger partial charge in [-0.15, -0.1) is 12.4 Å². The van der Waals surface area contributed by atoms with Gasteiger partial charge in [-0.1, -0.05) is 25.1 Å². The number of ether oxygens (including phenoxy) is 1. The second-order valence-corrected chi connectivity index (χ2v) is 6.65. The van der Waals surface area contributed by atoms with E-state index in [1.807, 2.05) is 40.1 Å².